The molecule has 7 heteroatoms. The fourth-order valence-electron chi connectivity index (χ4n) is 4.39. The molecule has 0 spiro atoms. The van der Waals surface area contributed by atoms with Crippen molar-refractivity contribution in [2.24, 2.45) is 0 Å². The molecule has 32 heavy (non-hydrogen) atoms. The van der Waals surface area contributed by atoms with E-state index in [9.17, 15) is 0 Å². The number of likely N-dealkylation sites (tertiary alicyclic amines) is 1. The molecule has 0 bridgehead atoms. The molecule has 0 radical (unpaired) electrons. The van der Waals surface area contributed by atoms with Gasteiger partial charge in [-0.2, -0.15) is 0 Å². The molecular weight excluding hydrogens is 415 g/mol. The number of hydrogen-bond donors (Lipinski definition) is 2. The molecule has 2 aliphatic heterocycles. The van der Waals surface area contributed by atoms with Gasteiger partial charge < -0.3 is 9.97 Å². The zero-order valence-electron chi connectivity index (χ0n) is 18.2. The van der Waals surface area contributed by atoms with Crippen LogP contribution < -0.4 is 0 Å². The number of hydrogen-bond acceptors (Lipinski definition) is 4. The molecular formula is C25H27N6P. The van der Waals surface area contributed by atoms with Crippen LogP contribution >= 0.6 is 9.39 Å². The van der Waals surface area contributed by atoms with Crippen molar-refractivity contribution in [1.82, 2.24) is 29.5 Å². The Morgan fingerprint density at radius 3 is 1.84 bits per heavy atom. The Kier molecular flexibility index (Phi) is 6.10. The van der Waals surface area contributed by atoms with Crippen molar-refractivity contribution in [3.8, 4) is 23.7 Å². The van der Waals surface area contributed by atoms with E-state index in [4.69, 9.17) is 0 Å². The third-order valence-corrected chi connectivity index (χ3v) is 6.82. The van der Waals surface area contributed by atoms with E-state index in [1.54, 1.807) is 0 Å². The Labute approximate surface area is 191 Å². The minimum atomic E-state index is 0.346. The van der Waals surface area contributed by atoms with E-state index in [1.165, 1.54) is 12.8 Å². The average molecular weight is 443 g/mol. The van der Waals surface area contributed by atoms with Crippen molar-refractivity contribution in [2.75, 3.05) is 20.1 Å². The van der Waals surface area contributed by atoms with Crippen molar-refractivity contribution in [3.05, 3.63) is 70.8 Å². The summed E-state index contributed by atoms with van der Waals surface area (Å²) >= 11 is 0. The van der Waals surface area contributed by atoms with Crippen LogP contribution in [0.3, 0.4) is 0 Å². The summed E-state index contributed by atoms with van der Waals surface area (Å²) in [5.74, 6) is 14.8. The minimum absolute atomic E-state index is 0.346. The summed E-state index contributed by atoms with van der Waals surface area (Å²) in [4.78, 5) is 18.1. The van der Waals surface area contributed by atoms with E-state index in [2.05, 4.69) is 69.6 Å². The molecule has 0 saturated carbocycles. The van der Waals surface area contributed by atoms with Gasteiger partial charge in [0, 0.05) is 17.7 Å². The first-order valence-electron chi connectivity index (χ1n) is 11.1. The zero-order chi connectivity index (χ0) is 21.9. The van der Waals surface area contributed by atoms with Gasteiger partial charge in [-0.1, -0.05) is 21.2 Å². The van der Waals surface area contributed by atoms with E-state index >= 15 is 0 Å². The zero-order valence-corrected chi connectivity index (χ0v) is 19.4. The molecule has 2 fully saturated rings. The van der Waals surface area contributed by atoms with Crippen LogP contribution in [0.25, 0.3) is 0 Å². The second-order valence-corrected chi connectivity index (χ2v) is 9.14. The van der Waals surface area contributed by atoms with Gasteiger partial charge in [0.25, 0.3) is 0 Å². The molecule has 2 N–H and O–H groups in total. The molecule has 2 saturated heterocycles. The molecule has 6 nitrogen and oxygen atoms in total. The molecule has 162 valence electrons. The highest BCUT2D eigenvalue weighted by molar-refractivity contribution is 7.13. The Morgan fingerprint density at radius 1 is 0.812 bits per heavy atom. The van der Waals surface area contributed by atoms with Crippen LogP contribution in [-0.4, -0.2) is 49.6 Å². The first-order valence-corrected chi connectivity index (χ1v) is 11.6. The predicted octanol–water partition coefficient (Wildman–Crippen LogP) is 3.63. The van der Waals surface area contributed by atoms with Crippen molar-refractivity contribution in [1.29, 1.82) is 0 Å². The van der Waals surface area contributed by atoms with Crippen LogP contribution in [-0.2, 0) is 0 Å². The van der Waals surface area contributed by atoms with Gasteiger partial charge in [0.05, 0.1) is 24.5 Å². The van der Waals surface area contributed by atoms with E-state index in [0.29, 0.717) is 12.1 Å². The lowest BCUT2D eigenvalue weighted by Gasteiger charge is -2.16. The summed E-state index contributed by atoms with van der Waals surface area (Å²) < 4.78 is 2.26. The van der Waals surface area contributed by atoms with Gasteiger partial charge in [-0.05, 0) is 75.4 Å². The highest BCUT2D eigenvalue weighted by atomic mass is 31.0. The van der Waals surface area contributed by atoms with E-state index in [0.717, 1.165) is 60.1 Å². The lowest BCUT2D eigenvalue weighted by Crippen LogP contribution is -2.18. The maximum absolute atomic E-state index is 4.53. The summed E-state index contributed by atoms with van der Waals surface area (Å²) in [5, 5.41) is 0. The molecule has 2 aliphatic rings. The molecule has 0 amide bonds. The quantitative estimate of drug-likeness (QED) is 0.470. The van der Waals surface area contributed by atoms with Crippen molar-refractivity contribution in [2.45, 2.75) is 37.8 Å². The van der Waals surface area contributed by atoms with E-state index < -0.39 is 0 Å². The monoisotopic (exact) mass is 442 g/mol. The number of rotatable bonds is 2. The molecule has 0 aliphatic carbocycles. The maximum Gasteiger partial charge on any atom is 0.124 e. The number of benzene rings is 1. The Balaban J connectivity index is 1.23. The predicted molar refractivity (Wildman–Crippen MR) is 129 cm³/mol. The third kappa shape index (κ3) is 4.64. The first-order chi connectivity index (χ1) is 15.7. The second kappa shape index (κ2) is 9.31. The van der Waals surface area contributed by atoms with E-state index in [-0.39, 0.29) is 0 Å². The SMILES string of the molecule is CN1CCC[C@H]1c1ncc(C#Cc2ccc(C#Cc3cnc([C@@H]4CCCN4P)[nH]3)cc2)[nH]1. The van der Waals surface area contributed by atoms with Gasteiger partial charge in [-0.3, -0.25) is 9.57 Å². The fourth-order valence-corrected chi connectivity index (χ4v) is 4.87. The fraction of sp³-hybridized carbons (Fsp3) is 0.360. The largest absolute Gasteiger partial charge is 0.334 e. The molecule has 1 aromatic carbocycles. The highest BCUT2D eigenvalue weighted by Gasteiger charge is 2.25. The highest BCUT2D eigenvalue weighted by Crippen LogP contribution is 2.32. The van der Waals surface area contributed by atoms with Gasteiger partial charge in [-0.15, -0.1) is 0 Å². The summed E-state index contributed by atoms with van der Waals surface area (Å²) in [6, 6.07) is 8.73. The lowest BCUT2D eigenvalue weighted by molar-refractivity contribution is 0.307. The number of imidazole rings is 2. The third-order valence-electron chi connectivity index (χ3n) is 6.20. The maximum atomic E-state index is 4.53. The van der Waals surface area contributed by atoms with E-state index in [1.807, 2.05) is 36.7 Å². The molecule has 4 heterocycles. The smallest absolute Gasteiger partial charge is 0.124 e. The van der Waals surface area contributed by atoms with Crippen LogP contribution in [0.5, 0.6) is 0 Å². The standard InChI is InChI=1S/C25H27N6P/c1-30-14-2-4-22(30)24-26-16-20(28-24)12-10-18-6-8-19(9-7-18)11-13-21-17-27-25(29-21)23-5-3-15-31(23)32/h6-9,16-17,22-23H,2-5,14-15,32H2,1H3,(H,26,28)(H,27,29)/t22-,23-/m0/s1. The van der Waals surface area contributed by atoms with Crippen molar-refractivity contribution >= 4 is 9.39 Å². The molecule has 3 aromatic rings. The van der Waals surface area contributed by atoms with Crippen LogP contribution in [0.4, 0.5) is 0 Å². The summed E-state index contributed by atoms with van der Waals surface area (Å²) in [6.07, 6.45) is 8.34. The van der Waals surface area contributed by atoms with Gasteiger partial charge in [0.15, 0.2) is 0 Å². The second-order valence-electron chi connectivity index (χ2n) is 8.48. The number of aromatic nitrogens is 4. The number of aromatic amines is 2. The van der Waals surface area contributed by atoms with Crippen molar-refractivity contribution < 1.29 is 0 Å². The molecule has 2 aromatic heterocycles. The number of nitrogens with one attached hydrogen (secondary N) is 2. The van der Waals surface area contributed by atoms with Gasteiger partial charge in [0.2, 0.25) is 0 Å². The summed E-state index contributed by atoms with van der Waals surface area (Å²) in [7, 11) is 4.94. The van der Waals surface area contributed by atoms with Crippen LogP contribution in [0.15, 0.2) is 36.7 Å². The summed E-state index contributed by atoms with van der Waals surface area (Å²) in [6.45, 7) is 2.21. The van der Waals surface area contributed by atoms with Gasteiger partial charge in [0.1, 0.15) is 23.0 Å². The number of nitrogens with zero attached hydrogens (tertiary/aromatic N) is 4. The van der Waals surface area contributed by atoms with Crippen LogP contribution in [0.2, 0.25) is 0 Å². The Morgan fingerprint density at radius 2 is 1.34 bits per heavy atom. The average Bonchev–Trinajstić information content (AvgIpc) is 3.59. The topological polar surface area (TPSA) is 63.8 Å². The minimum Gasteiger partial charge on any atom is -0.334 e. The van der Waals surface area contributed by atoms with Crippen LogP contribution in [0, 0.1) is 23.7 Å². The molecule has 1 unspecified atom stereocenters. The molecule has 3 atom stereocenters. The number of H-pyrrole nitrogens is 2. The van der Waals surface area contributed by atoms with Gasteiger partial charge >= 0.3 is 0 Å². The van der Waals surface area contributed by atoms with Crippen molar-refractivity contribution in [3.63, 3.8) is 0 Å². The van der Waals surface area contributed by atoms with Gasteiger partial charge in [-0.25, -0.2) is 9.97 Å². The van der Waals surface area contributed by atoms with Crippen LogP contribution in [0.1, 0.15) is 71.9 Å². The Hall–Kier alpha value is -2.89. The molecule has 5 rings (SSSR count). The summed E-state index contributed by atoms with van der Waals surface area (Å²) in [5.41, 5.74) is 3.60. The lowest BCUT2D eigenvalue weighted by atomic mass is 10.1. The Bertz CT molecular complexity index is 1110. The first kappa shape index (κ1) is 21.0. The normalized spacial score (nSPS) is 21.2.